The second kappa shape index (κ2) is 12.6. The van der Waals surface area contributed by atoms with Crippen molar-refractivity contribution >= 4 is 15.9 Å². The second-order valence-corrected chi connectivity index (χ2v) is 13.5. The van der Waals surface area contributed by atoms with E-state index in [0.29, 0.717) is 41.3 Å². The maximum atomic E-state index is 13.8. The molecule has 1 atom stereocenters. The van der Waals surface area contributed by atoms with Gasteiger partial charge in [0.05, 0.1) is 30.2 Å². The molecule has 0 radical (unpaired) electrons. The van der Waals surface area contributed by atoms with Gasteiger partial charge in [-0.05, 0) is 86.5 Å². The van der Waals surface area contributed by atoms with Crippen molar-refractivity contribution < 1.29 is 27.5 Å². The highest BCUT2D eigenvalue weighted by molar-refractivity contribution is 7.89. The normalized spacial score (nSPS) is 17.9. The molecule has 2 fully saturated rings. The number of hydrogen-bond acceptors (Lipinski definition) is 7. The summed E-state index contributed by atoms with van der Waals surface area (Å²) in [5.74, 6) is 0.853. The minimum Gasteiger partial charge on any atom is -0.497 e. The molecule has 42 heavy (non-hydrogen) atoms. The molecule has 2 heterocycles. The minimum atomic E-state index is -3.80. The van der Waals surface area contributed by atoms with Crippen LogP contribution in [0, 0.1) is 13.8 Å². The number of likely N-dealkylation sites (tertiary alicyclic amines) is 1. The zero-order valence-corrected chi connectivity index (χ0v) is 25.7. The maximum Gasteiger partial charge on any atom is 0.257 e. The van der Waals surface area contributed by atoms with E-state index >= 15 is 0 Å². The van der Waals surface area contributed by atoms with E-state index in [1.807, 2.05) is 12.1 Å². The van der Waals surface area contributed by atoms with Crippen LogP contribution in [-0.4, -0.2) is 72.9 Å². The molecule has 10 heteroatoms. The van der Waals surface area contributed by atoms with E-state index < -0.39 is 10.0 Å². The molecule has 9 nitrogen and oxygen atoms in total. The van der Waals surface area contributed by atoms with Gasteiger partial charge in [-0.1, -0.05) is 24.3 Å². The lowest BCUT2D eigenvalue weighted by Gasteiger charge is -2.30. The highest BCUT2D eigenvalue weighted by Gasteiger charge is 2.40. The first-order valence-electron chi connectivity index (χ1n) is 14.5. The van der Waals surface area contributed by atoms with Crippen LogP contribution >= 0.6 is 0 Å². The number of benzene rings is 2. The quantitative estimate of drug-likeness (QED) is 0.349. The molecule has 1 aromatic heterocycles. The molecule has 2 aliphatic rings. The first-order chi connectivity index (χ1) is 20.0. The molecule has 3 aromatic rings. The first-order valence-corrected chi connectivity index (χ1v) is 16.0. The van der Waals surface area contributed by atoms with Gasteiger partial charge in [0.1, 0.15) is 17.8 Å². The van der Waals surface area contributed by atoms with Crippen molar-refractivity contribution in [2.24, 2.45) is 0 Å². The van der Waals surface area contributed by atoms with Crippen LogP contribution < -0.4 is 4.74 Å². The summed E-state index contributed by atoms with van der Waals surface area (Å²) in [6.07, 6.45) is 4.63. The van der Waals surface area contributed by atoms with Crippen LogP contribution in [0.3, 0.4) is 0 Å². The Labute approximate surface area is 248 Å². The average Bonchev–Trinajstić information content (AvgIpc) is 3.68. The molecular weight excluding hydrogens is 554 g/mol. The van der Waals surface area contributed by atoms with Crippen molar-refractivity contribution in [1.82, 2.24) is 14.1 Å². The molecule has 1 aliphatic heterocycles. The summed E-state index contributed by atoms with van der Waals surface area (Å²) in [4.78, 5) is 17.4. The summed E-state index contributed by atoms with van der Waals surface area (Å²) in [5.41, 5.74) is 3.84. The Kier molecular flexibility index (Phi) is 9.08. The molecule has 5 rings (SSSR count). The standard InChI is InChI=1S/C32H41N3O6S/c1-22-14-29(40-4)15-23(2)31(22)42(38,39)35(27-11-12-27)20-30-16-26(21-41-30)32(37)33(3)17-24-7-9-25(10-8-24)18-34-13-5-6-28(36)19-34/h7-10,14-16,21,27-28,36H,5-6,11-13,17-20H2,1-4H3. The molecule has 2 aromatic carbocycles. The molecule has 1 amide bonds. The molecule has 1 saturated carbocycles. The van der Waals surface area contributed by atoms with E-state index in [1.54, 1.807) is 51.1 Å². The smallest absolute Gasteiger partial charge is 0.257 e. The van der Waals surface area contributed by atoms with Gasteiger partial charge in [0.2, 0.25) is 10.0 Å². The van der Waals surface area contributed by atoms with E-state index in [1.165, 1.54) is 16.1 Å². The fraction of sp³-hybridized carbons (Fsp3) is 0.469. The van der Waals surface area contributed by atoms with Crippen LogP contribution in [0.4, 0.5) is 0 Å². The number of nitrogens with zero attached hydrogens (tertiary/aromatic N) is 3. The Balaban J connectivity index is 1.23. The summed E-state index contributed by atoms with van der Waals surface area (Å²) >= 11 is 0. The number of methoxy groups -OCH3 is 1. The fourth-order valence-electron chi connectivity index (χ4n) is 5.80. The van der Waals surface area contributed by atoms with Gasteiger partial charge in [0.25, 0.3) is 5.91 Å². The third-order valence-corrected chi connectivity index (χ3v) is 10.3. The summed E-state index contributed by atoms with van der Waals surface area (Å²) in [7, 11) is -0.493. The molecular formula is C32H41N3O6S. The van der Waals surface area contributed by atoms with Gasteiger partial charge in [-0.2, -0.15) is 4.31 Å². The number of piperidine rings is 1. The number of aliphatic hydroxyl groups is 1. The van der Waals surface area contributed by atoms with Gasteiger partial charge in [-0.3, -0.25) is 9.69 Å². The molecule has 0 spiro atoms. The number of rotatable bonds is 11. The monoisotopic (exact) mass is 595 g/mol. The lowest BCUT2D eigenvalue weighted by molar-refractivity contribution is 0.0668. The molecule has 1 unspecified atom stereocenters. The predicted molar refractivity (Wildman–Crippen MR) is 160 cm³/mol. The number of β-amino-alcohol motifs (C(OH)–C–C–N with tert-alkyl or cyclic N) is 1. The Morgan fingerprint density at radius 1 is 1.05 bits per heavy atom. The number of hydrogen-bond donors (Lipinski definition) is 1. The Hall–Kier alpha value is -3.18. The topological polar surface area (TPSA) is 104 Å². The van der Waals surface area contributed by atoms with Crippen molar-refractivity contribution in [3.05, 3.63) is 82.3 Å². The lowest BCUT2D eigenvalue weighted by atomic mass is 10.1. The van der Waals surface area contributed by atoms with Crippen molar-refractivity contribution in [2.75, 3.05) is 27.2 Å². The fourth-order valence-corrected chi connectivity index (χ4v) is 7.87. The van der Waals surface area contributed by atoms with Gasteiger partial charge in [-0.25, -0.2) is 8.42 Å². The van der Waals surface area contributed by atoms with Gasteiger partial charge in [0, 0.05) is 32.7 Å². The van der Waals surface area contributed by atoms with Gasteiger partial charge in [-0.15, -0.1) is 0 Å². The summed E-state index contributed by atoms with van der Waals surface area (Å²) in [6.45, 7) is 6.55. The third kappa shape index (κ3) is 6.89. The number of carbonyl (C=O) groups is 1. The van der Waals surface area contributed by atoms with E-state index in [-0.39, 0.29) is 29.5 Å². The highest BCUT2D eigenvalue weighted by atomic mass is 32.2. The number of amides is 1. The van der Waals surface area contributed by atoms with Gasteiger partial charge in [0.15, 0.2) is 0 Å². The number of ether oxygens (including phenoxy) is 1. The predicted octanol–water partition coefficient (Wildman–Crippen LogP) is 4.49. The Morgan fingerprint density at radius 2 is 1.71 bits per heavy atom. The number of aryl methyl sites for hydroxylation is 2. The SMILES string of the molecule is COc1cc(C)c(S(=O)(=O)N(Cc2cc(C(=O)N(C)Cc3ccc(CN4CCCC(O)C4)cc3)co2)C2CC2)c(C)c1. The number of aliphatic hydroxyl groups excluding tert-OH is 1. The molecule has 1 aliphatic carbocycles. The molecule has 0 bridgehead atoms. The number of carbonyl (C=O) groups excluding carboxylic acids is 1. The third-order valence-electron chi connectivity index (χ3n) is 8.08. The van der Waals surface area contributed by atoms with Crippen LogP contribution in [0.15, 0.2) is 58.0 Å². The molecule has 1 saturated heterocycles. The number of sulfonamides is 1. The largest absolute Gasteiger partial charge is 0.497 e. The van der Waals surface area contributed by atoms with Gasteiger partial charge < -0.3 is 19.2 Å². The average molecular weight is 596 g/mol. The Bertz CT molecular complexity index is 1490. The van der Waals surface area contributed by atoms with Crippen LogP contribution in [0.25, 0.3) is 0 Å². The summed E-state index contributed by atoms with van der Waals surface area (Å²) in [5, 5.41) is 9.92. The van der Waals surface area contributed by atoms with E-state index in [9.17, 15) is 18.3 Å². The maximum absolute atomic E-state index is 13.8. The molecule has 1 N–H and O–H groups in total. The van der Waals surface area contributed by atoms with Crippen molar-refractivity contribution in [3.8, 4) is 5.75 Å². The molecule has 226 valence electrons. The second-order valence-electron chi connectivity index (χ2n) is 11.7. The van der Waals surface area contributed by atoms with Crippen molar-refractivity contribution in [2.45, 2.75) is 76.2 Å². The van der Waals surface area contributed by atoms with Crippen molar-refractivity contribution in [3.63, 3.8) is 0 Å². The zero-order valence-electron chi connectivity index (χ0n) is 24.9. The van der Waals surface area contributed by atoms with E-state index in [4.69, 9.17) is 9.15 Å². The van der Waals surface area contributed by atoms with Crippen molar-refractivity contribution in [1.29, 1.82) is 0 Å². The minimum absolute atomic E-state index is 0.0599. The van der Waals surface area contributed by atoms with Gasteiger partial charge >= 0.3 is 0 Å². The Morgan fingerprint density at radius 3 is 2.33 bits per heavy atom. The number of furan rings is 1. The first kappa shape index (κ1) is 30.3. The lowest BCUT2D eigenvalue weighted by Crippen LogP contribution is -2.37. The van der Waals surface area contributed by atoms with Crippen LogP contribution in [0.5, 0.6) is 5.75 Å². The van der Waals surface area contributed by atoms with Crippen LogP contribution in [0.2, 0.25) is 0 Å². The van der Waals surface area contributed by atoms with E-state index in [0.717, 1.165) is 44.3 Å². The van der Waals surface area contributed by atoms with Crippen LogP contribution in [-0.2, 0) is 29.7 Å². The zero-order chi connectivity index (χ0) is 30.0. The highest BCUT2D eigenvalue weighted by Crippen LogP contribution is 2.37. The van der Waals surface area contributed by atoms with E-state index in [2.05, 4.69) is 17.0 Å². The summed E-state index contributed by atoms with van der Waals surface area (Å²) < 4.78 is 40.2. The van der Waals surface area contributed by atoms with Crippen LogP contribution in [0.1, 0.15) is 64.1 Å². The summed E-state index contributed by atoms with van der Waals surface area (Å²) in [6, 6.07) is 13.2.